The van der Waals surface area contributed by atoms with Crippen molar-refractivity contribution in [3.05, 3.63) is 0 Å². The van der Waals surface area contributed by atoms with Crippen molar-refractivity contribution in [1.29, 1.82) is 0 Å². The van der Waals surface area contributed by atoms with Crippen molar-refractivity contribution in [1.82, 2.24) is 4.90 Å². The van der Waals surface area contributed by atoms with E-state index in [-0.39, 0.29) is 18.7 Å². The minimum Gasteiger partial charge on any atom is -0.481 e. The van der Waals surface area contributed by atoms with Crippen LogP contribution in [0.5, 0.6) is 0 Å². The van der Waals surface area contributed by atoms with Crippen LogP contribution in [0.4, 0.5) is 0 Å². The van der Waals surface area contributed by atoms with E-state index in [1.807, 2.05) is 6.92 Å². The van der Waals surface area contributed by atoms with Gasteiger partial charge >= 0.3 is 5.97 Å². The summed E-state index contributed by atoms with van der Waals surface area (Å²) < 4.78 is 5.26. The Bertz CT molecular complexity index is 240. The molecule has 1 unspecified atom stereocenters. The third-order valence-corrected chi connectivity index (χ3v) is 2.38. The van der Waals surface area contributed by atoms with Crippen LogP contribution in [0.1, 0.15) is 26.2 Å². The molecular formula is C10H17NO4. The number of aliphatic carboxylic acids is 1. The van der Waals surface area contributed by atoms with E-state index >= 15 is 0 Å². The minimum atomic E-state index is -0.890. The van der Waals surface area contributed by atoms with Gasteiger partial charge < -0.3 is 14.7 Å². The number of carbonyl (C=O) groups excluding carboxylic acids is 1. The van der Waals surface area contributed by atoms with Crippen molar-refractivity contribution in [3.8, 4) is 0 Å². The quantitative estimate of drug-likeness (QED) is 0.724. The zero-order chi connectivity index (χ0) is 11.3. The number of amides is 1. The van der Waals surface area contributed by atoms with E-state index in [0.29, 0.717) is 13.2 Å². The Morgan fingerprint density at radius 1 is 1.67 bits per heavy atom. The van der Waals surface area contributed by atoms with Gasteiger partial charge in [-0.1, -0.05) is 6.92 Å². The van der Waals surface area contributed by atoms with Crippen molar-refractivity contribution < 1.29 is 19.4 Å². The number of carboxylic acids is 1. The lowest BCUT2D eigenvalue weighted by molar-refractivity contribution is -0.154. The third-order valence-electron chi connectivity index (χ3n) is 2.38. The number of hydrogen-bond donors (Lipinski definition) is 1. The first kappa shape index (κ1) is 12.0. The Hall–Kier alpha value is -1.10. The second-order valence-electron chi connectivity index (χ2n) is 3.62. The van der Waals surface area contributed by atoms with Crippen molar-refractivity contribution in [3.63, 3.8) is 0 Å². The lowest BCUT2D eigenvalue weighted by Gasteiger charge is -2.32. The van der Waals surface area contributed by atoms with Crippen LogP contribution < -0.4 is 0 Å². The van der Waals surface area contributed by atoms with Gasteiger partial charge in [-0.3, -0.25) is 9.59 Å². The van der Waals surface area contributed by atoms with Gasteiger partial charge in [0.2, 0.25) is 0 Å². The van der Waals surface area contributed by atoms with Gasteiger partial charge in [0.05, 0.1) is 6.61 Å². The summed E-state index contributed by atoms with van der Waals surface area (Å²) in [6.45, 7) is 3.87. The average molecular weight is 215 g/mol. The van der Waals surface area contributed by atoms with Gasteiger partial charge in [0.25, 0.3) is 5.91 Å². The minimum absolute atomic E-state index is 0.0175. The fraction of sp³-hybridized carbons (Fsp3) is 0.800. The molecule has 1 rings (SSSR count). The molecule has 1 aliphatic rings. The Labute approximate surface area is 89.0 Å². The highest BCUT2D eigenvalue weighted by atomic mass is 16.5. The summed E-state index contributed by atoms with van der Waals surface area (Å²) in [4.78, 5) is 23.9. The maximum atomic E-state index is 11.7. The highest BCUT2D eigenvalue weighted by molar-refractivity contribution is 5.82. The normalized spacial score (nSPS) is 21.8. The predicted octanol–water partition coefficient (Wildman–Crippen LogP) is 0.489. The summed E-state index contributed by atoms with van der Waals surface area (Å²) in [6.07, 6.45) is 0.615. The molecular weight excluding hydrogens is 198 g/mol. The molecule has 15 heavy (non-hydrogen) atoms. The molecule has 0 bridgehead atoms. The molecule has 5 nitrogen and oxygen atoms in total. The average Bonchev–Trinajstić information content (AvgIpc) is 2.19. The van der Waals surface area contributed by atoms with E-state index in [4.69, 9.17) is 9.84 Å². The first-order valence-electron chi connectivity index (χ1n) is 5.27. The summed E-state index contributed by atoms with van der Waals surface area (Å²) in [6, 6.07) is 0. The smallest absolute Gasteiger partial charge is 0.303 e. The van der Waals surface area contributed by atoms with Crippen molar-refractivity contribution in [2.75, 3.05) is 19.7 Å². The molecule has 1 saturated heterocycles. The SMILES string of the molecule is CCCN1CCOC(CCC(=O)O)C1=O. The molecule has 0 aliphatic carbocycles. The molecule has 0 saturated carbocycles. The molecule has 0 spiro atoms. The maximum absolute atomic E-state index is 11.7. The summed E-state index contributed by atoms with van der Waals surface area (Å²) in [5.74, 6) is -0.955. The standard InChI is InChI=1S/C10H17NO4/c1-2-5-11-6-7-15-8(10(11)14)3-4-9(12)13/h8H,2-7H2,1H3,(H,12,13). The van der Waals surface area contributed by atoms with E-state index in [1.54, 1.807) is 4.90 Å². The number of rotatable bonds is 5. The fourth-order valence-electron chi connectivity index (χ4n) is 1.64. The molecule has 0 aromatic rings. The van der Waals surface area contributed by atoms with Gasteiger partial charge in [0, 0.05) is 19.5 Å². The lowest BCUT2D eigenvalue weighted by atomic mass is 10.1. The van der Waals surface area contributed by atoms with Crippen LogP contribution >= 0.6 is 0 Å². The second-order valence-corrected chi connectivity index (χ2v) is 3.62. The summed E-state index contributed by atoms with van der Waals surface area (Å²) in [7, 11) is 0. The van der Waals surface area contributed by atoms with Crippen molar-refractivity contribution >= 4 is 11.9 Å². The van der Waals surface area contributed by atoms with E-state index in [9.17, 15) is 9.59 Å². The van der Waals surface area contributed by atoms with Gasteiger partial charge in [-0.05, 0) is 12.8 Å². The van der Waals surface area contributed by atoms with Crippen LogP contribution in [0.15, 0.2) is 0 Å². The third kappa shape index (κ3) is 3.51. The zero-order valence-corrected chi connectivity index (χ0v) is 8.94. The maximum Gasteiger partial charge on any atom is 0.303 e. The van der Waals surface area contributed by atoms with Crippen LogP contribution in [0.3, 0.4) is 0 Å². The molecule has 0 aromatic heterocycles. The summed E-state index contributed by atoms with van der Waals surface area (Å²) >= 11 is 0. The van der Waals surface area contributed by atoms with E-state index < -0.39 is 12.1 Å². The van der Waals surface area contributed by atoms with Crippen LogP contribution in [0.25, 0.3) is 0 Å². The zero-order valence-electron chi connectivity index (χ0n) is 8.94. The van der Waals surface area contributed by atoms with Gasteiger partial charge in [0.1, 0.15) is 6.10 Å². The van der Waals surface area contributed by atoms with Gasteiger partial charge in [-0.15, -0.1) is 0 Å². The van der Waals surface area contributed by atoms with Crippen LogP contribution in [-0.2, 0) is 14.3 Å². The number of carbonyl (C=O) groups is 2. The molecule has 1 amide bonds. The molecule has 1 atom stereocenters. The Morgan fingerprint density at radius 3 is 3.00 bits per heavy atom. The number of ether oxygens (including phenoxy) is 1. The summed E-state index contributed by atoms with van der Waals surface area (Å²) in [5.41, 5.74) is 0. The topological polar surface area (TPSA) is 66.8 Å². The largest absolute Gasteiger partial charge is 0.481 e. The van der Waals surface area contributed by atoms with Crippen LogP contribution in [0.2, 0.25) is 0 Å². The van der Waals surface area contributed by atoms with Crippen LogP contribution in [-0.4, -0.2) is 47.7 Å². The number of morpholine rings is 1. The lowest BCUT2D eigenvalue weighted by Crippen LogP contribution is -2.48. The molecule has 0 radical (unpaired) electrons. The van der Waals surface area contributed by atoms with E-state index in [0.717, 1.165) is 13.0 Å². The van der Waals surface area contributed by atoms with E-state index in [2.05, 4.69) is 0 Å². The fourth-order valence-corrected chi connectivity index (χ4v) is 1.64. The summed E-state index contributed by atoms with van der Waals surface area (Å²) in [5, 5.41) is 8.52. The Morgan fingerprint density at radius 2 is 2.40 bits per heavy atom. The Kier molecular flexibility index (Phi) is 4.55. The van der Waals surface area contributed by atoms with Crippen molar-refractivity contribution in [2.24, 2.45) is 0 Å². The molecule has 1 fully saturated rings. The molecule has 1 N–H and O–H groups in total. The molecule has 86 valence electrons. The van der Waals surface area contributed by atoms with Gasteiger partial charge in [-0.2, -0.15) is 0 Å². The van der Waals surface area contributed by atoms with Crippen molar-refractivity contribution in [2.45, 2.75) is 32.3 Å². The Balaban J connectivity index is 2.43. The first-order valence-corrected chi connectivity index (χ1v) is 5.27. The van der Waals surface area contributed by atoms with Gasteiger partial charge in [-0.25, -0.2) is 0 Å². The number of nitrogens with zero attached hydrogens (tertiary/aromatic N) is 1. The highest BCUT2D eigenvalue weighted by Gasteiger charge is 2.28. The van der Waals surface area contributed by atoms with E-state index in [1.165, 1.54) is 0 Å². The monoisotopic (exact) mass is 215 g/mol. The van der Waals surface area contributed by atoms with Gasteiger partial charge in [0.15, 0.2) is 0 Å². The predicted molar refractivity (Wildman–Crippen MR) is 53.5 cm³/mol. The molecule has 1 aliphatic heterocycles. The molecule has 0 aromatic carbocycles. The molecule has 5 heteroatoms. The second kappa shape index (κ2) is 5.70. The number of carboxylic acid groups (broad SMARTS) is 1. The highest BCUT2D eigenvalue weighted by Crippen LogP contribution is 2.12. The first-order chi connectivity index (χ1) is 7.15. The van der Waals surface area contributed by atoms with Crippen LogP contribution in [0, 0.1) is 0 Å². The molecule has 1 heterocycles. The number of hydrogen-bond acceptors (Lipinski definition) is 3.